The van der Waals surface area contributed by atoms with Crippen LogP contribution in [0.3, 0.4) is 0 Å². The fourth-order valence-electron chi connectivity index (χ4n) is 3.73. The van der Waals surface area contributed by atoms with Gasteiger partial charge in [-0.15, -0.1) is 11.3 Å². The molecule has 0 aliphatic heterocycles. The van der Waals surface area contributed by atoms with Gasteiger partial charge < -0.3 is 0 Å². The van der Waals surface area contributed by atoms with Crippen molar-refractivity contribution in [2.75, 3.05) is 0 Å². The number of benzene rings is 2. The monoisotopic (exact) mass is 391 g/mol. The van der Waals surface area contributed by atoms with Gasteiger partial charge >= 0.3 is 0 Å². The molecule has 0 radical (unpaired) electrons. The van der Waals surface area contributed by atoms with Crippen LogP contribution in [0.2, 0.25) is 5.02 Å². The van der Waals surface area contributed by atoms with E-state index in [9.17, 15) is 0 Å². The largest absolute Gasteiger partial charge is 0.218 e. The summed E-state index contributed by atoms with van der Waals surface area (Å²) in [6.07, 6.45) is 0.953. The Morgan fingerprint density at radius 1 is 1.07 bits per heavy atom. The van der Waals surface area contributed by atoms with Crippen LogP contribution in [0.15, 0.2) is 53.9 Å². The zero-order valence-electron chi connectivity index (χ0n) is 15.1. The first-order chi connectivity index (χ1) is 13.1. The second kappa shape index (κ2) is 6.32. The highest BCUT2D eigenvalue weighted by atomic mass is 35.5. The van der Waals surface area contributed by atoms with E-state index in [1.165, 1.54) is 28.1 Å². The number of hydrogen-bond acceptors (Lipinski definition) is 3. The van der Waals surface area contributed by atoms with E-state index in [-0.39, 0.29) is 0 Å². The smallest absolute Gasteiger partial charge is 0.211 e. The Morgan fingerprint density at radius 3 is 2.63 bits per heavy atom. The molecule has 5 rings (SSSR count). The summed E-state index contributed by atoms with van der Waals surface area (Å²) >= 11 is 7.64. The van der Waals surface area contributed by atoms with E-state index in [1.54, 1.807) is 11.3 Å². The van der Waals surface area contributed by atoms with Gasteiger partial charge in [0.15, 0.2) is 0 Å². The molecule has 1 aliphatic rings. The minimum Gasteiger partial charge on any atom is -0.218 e. The van der Waals surface area contributed by atoms with Crippen LogP contribution in [0.5, 0.6) is 0 Å². The van der Waals surface area contributed by atoms with Crippen molar-refractivity contribution in [3.05, 3.63) is 75.8 Å². The lowest BCUT2D eigenvalue weighted by Crippen LogP contribution is -2.00. The summed E-state index contributed by atoms with van der Waals surface area (Å²) in [6.45, 7) is 4.41. The average molecular weight is 392 g/mol. The fourth-order valence-corrected chi connectivity index (χ4v) is 4.65. The highest BCUT2D eigenvalue weighted by molar-refractivity contribution is 7.12. The molecule has 0 amide bonds. The summed E-state index contributed by atoms with van der Waals surface area (Å²) in [6, 6.07) is 16.4. The number of rotatable bonds is 3. The van der Waals surface area contributed by atoms with Gasteiger partial charge in [0.25, 0.3) is 0 Å². The number of nitrogens with zero attached hydrogens (tertiary/aromatic N) is 3. The molecule has 0 saturated heterocycles. The van der Waals surface area contributed by atoms with Gasteiger partial charge in [0, 0.05) is 33.5 Å². The first-order valence-electron chi connectivity index (χ1n) is 9.03. The third kappa shape index (κ3) is 2.71. The van der Waals surface area contributed by atoms with Gasteiger partial charge in [0.05, 0.1) is 17.1 Å². The van der Waals surface area contributed by atoms with Gasteiger partial charge in [0.1, 0.15) is 0 Å². The van der Waals surface area contributed by atoms with Crippen LogP contribution in [0, 0.1) is 0 Å². The number of halogens is 1. The fraction of sp³-hybridized carbons (Fsp3) is 0.182. The van der Waals surface area contributed by atoms with Crippen LogP contribution < -0.4 is 0 Å². The molecule has 5 heteroatoms. The van der Waals surface area contributed by atoms with E-state index in [1.807, 2.05) is 28.9 Å². The van der Waals surface area contributed by atoms with Crippen LogP contribution in [-0.2, 0) is 6.42 Å². The van der Waals surface area contributed by atoms with E-state index < -0.39 is 0 Å². The molecule has 1 aliphatic carbocycles. The highest BCUT2D eigenvalue weighted by Crippen LogP contribution is 2.42. The Hall–Kier alpha value is -2.43. The highest BCUT2D eigenvalue weighted by Gasteiger charge is 2.29. The number of hydrogen-bond donors (Lipinski definition) is 0. The second-order valence-corrected chi connectivity index (χ2v) is 8.41. The lowest BCUT2D eigenvalue weighted by atomic mass is 10.0. The van der Waals surface area contributed by atoms with E-state index in [0.29, 0.717) is 5.92 Å². The summed E-state index contributed by atoms with van der Waals surface area (Å²) in [7, 11) is 0. The number of thiazole rings is 1. The van der Waals surface area contributed by atoms with Crippen LogP contribution in [-0.4, -0.2) is 14.8 Å². The zero-order valence-corrected chi connectivity index (χ0v) is 16.7. The van der Waals surface area contributed by atoms with Gasteiger partial charge in [-0.25, -0.2) is 9.67 Å². The third-order valence-electron chi connectivity index (χ3n) is 5.01. The lowest BCUT2D eigenvalue weighted by Gasteiger charge is -2.05. The zero-order chi connectivity index (χ0) is 18.5. The average Bonchev–Trinajstić information content (AvgIpc) is 3.36. The van der Waals surface area contributed by atoms with Crippen molar-refractivity contribution < 1.29 is 0 Å². The van der Waals surface area contributed by atoms with Gasteiger partial charge in [-0.1, -0.05) is 61.8 Å². The predicted octanol–water partition coefficient (Wildman–Crippen LogP) is 6.34. The van der Waals surface area contributed by atoms with Crippen LogP contribution in [0.25, 0.3) is 27.6 Å². The van der Waals surface area contributed by atoms with Crippen molar-refractivity contribution in [1.29, 1.82) is 0 Å². The van der Waals surface area contributed by atoms with Crippen LogP contribution >= 0.6 is 22.9 Å². The quantitative estimate of drug-likeness (QED) is 0.359. The Balaban J connectivity index is 1.65. The Bertz CT molecular complexity index is 1140. The van der Waals surface area contributed by atoms with Gasteiger partial charge in [-0.3, -0.25) is 0 Å². The molecule has 0 atom stereocenters. The molecule has 0 bridgehead atoms. The van der Waals surface area contributed by atoms with Crippen LogP contribution in [0.4, 0.5) is 0 Å². The van der Waals surface area contributed by atoms with Crippen LogP contribution in [0.1, 0.15) is 36.6 Å². The lowest BCUT2D eigenvalue weighted by molar-refractivity contribution is 0.761. The summed E-state index contributed by atoms with van der Waals surface area (Å²) in [5.74, 6) is 0.380. The molecule has 4 aromatic rings. The van der Waals surface area contributed by atoms with E-state index in [0.717, 1.165) is 27.8 Å². The predicted molar refractivity (Wildman–Crippen MR) is 112 cm³/mol. The molecule has 2 heterocycles. The Morgan fingerprint density at radius 2 is 1.85 bits per heavy atom. The summed E-state index contributed by atoms with van der Waals surface area (Å²) in [4.78, 5) is 4.88. The number of aromatic nitrogens is 3. The van der Waals surface area contributed by atoms with Gasteiger partial charge in [0.2, 0.25) is 5.13 Å². The maximum Gasteiger partial charge on any atom is 0.211 e. The molecule has 134 valence electrons. The van der Waals surface area contributed by atoms with E-state index in [2.05, 4.69) is 43.5 Å². The van der Waals surface area contributed by atoms with Gasteiger partial charge in [-0.05, 0) is 23.6 Å². The van der Waals surface area contributed by atoms with Gasteiger partial charge in [-0.2, -0.15) is 5.10 Å². The van der Waals surface area contributed by atoms with Crippen molar-refractivity contribution >= 4 is 22.9 Å². The molecule has 27 heavy (non-hydrogen) atoms. The topological polar surface area (TPSA) is 30.7 Å². The summed E-state index contributed by atoms with van der Waals surface area (Å²) in [5, 5.41) is 8.69. The molecule has 2 aromatic carbocycles. The van der Waals surface area contributed by atoms with Crippen molar-refractivity contribution in [2.45, 2.75) is 26.2 Å². The Labute approximate surface area is 167 Å². The normalized spacial score (nSPS) is 12.4. The molecule has 0 saturated carbocycles. The minimum absolute atomic E-state index is 0.380. The number of fused-ring (bicyclic) bond motifs is 3. The molecule has 0 N–H and O–H groups in total. The maximum absolute atomic E-state index is 6.01. The van der Waals surface area contributed by atoms with Crippen molar-refractivity contribution in [3.8, 4) is 27.6 Å². The molecule has 0 spiro atoms. The first kappa shape index (κ1) is 16.7. The maximum atomic E-state index is 6.01. The van der Waals surface area contributed by atoms with E-state index >= 15 is 0 Å². The standard InChI is InChI=1S/C22H18ClN3S/c1-13(2)20-18-11-15-5-3-4-6-17(15)21(18)26(25-20)22-24-19(12-27-22)14-7-9-16(23)10-8-14/h3-10,12-13H,11H2,1-2H3. The molecule has 0 fully saturated rings. The van der Waals surface area contributed by atoms with Crippen molar-refractivity contribution in [3.63, 3.8) is 0 Å². The summed E-state index contributed by atoms with van der Waals surface area (Å²) < 4.78 is 2.04. The van der Waals surface area contributed by atoms with E-state index in [4.69, 9.17) is 21.7 Å². The second-order valence-electron chi connectivity index (χ2n) is 7.14. The molecule has 3 nitrogen and oxygen atoms in total. The third-order valence-corrected chi connectivity index (χ3v) is 6.08. The van der Waals surface area contributed by atoms with Crippen molar-refractivity contribution in [1.82, 2.24) is 14.8 Å². The van der Waals surface area contributed by atoms with Crippen molar-refractivity contribution in [2.24, 2.45) is 0 Å². The Kier molecular flexibility index (Phi) is 3.92. The molecular formula is C22H18ClN3S. The molecular weight excluding hydrogens is 374 g/mol. The summed E-state index contributed by atoms with van der Waals surface area (Å²) in [5.41, 5.74) is 8.37. The molecule has 0 unspecified atom stereocenters. The minimum atomic E-state index is 0.380. The molecule has 2 aromatic heterocycles. The SMILES string of the molecule is CC(C)c1nn(-c2nc(-c3ccc(Cl)cc3)cs2)c2c1Cc1ccccc1-2. The first-order valence-corrected chi connectivity index (χ1v) is 10.3.